The van der Waals surface area contributed by atoms with Gasteiger partial charge in [-0.05, 0) is 18.8 Å². The molecule has 0 spiro atoms. The number of halogens is 1. The lowest BCUT2D eigenvalue weighted by atomic mass is 9.98. The van der Waals surface area contributed by atoms with Crippen LogP contribution in [0.3, 0.4) is 0 Å². The second-order valence-electron chi connectivity index (χ2n) is 4.40. The van der Waals surface area contributed by atoms with Gasteiger partial charge in [0.2, 0.25) is 0 Å². The predicted octanol–water partition coefficient (Wildman–Crippen LogP) is 2.69. The monoisotopic (exact) mass is 220 g/mol. The molecule has 2 nitrogen and oxygen atoms in total. The van der Waals surface area contributed by atoms with E-state index in [1.807, 2.05) is 0 Å². The SMILES string of the molecule is CC(C)COCCC1COCCC1Cl. The molecule has 0 aliphatic carbocycles. The van der Waals surface area contributed by atoms with E-state index in [2.05, 4.69) is 13.8 Å². The fourth-order valence-corrected chi connectivity index (χ4v) is 1.88. The zero-order chi connectivity index (χ0) is 10.4. The van der Waals surface area contributed by atoms with Crippen molar-refractivity contribution in [3.63, 3.8) is 0 Å². The van der Waals surface area contributed by atoms with Gasteiger partial charge in [-0.2, -0.15) is 0 Å². The Morgan fingerprint density at radius 1 is 1.50 bits per heavy atom. The molecule has 1 aliphatic rings. The molecule has 0 amide bonds. The van der Waals surface area contributed by atoms with Crippen LogP contribution in [0.2, 0.25) is 0 Å². The zero-order valence-corrected chi connectivity index (χ0v) is 9.93. The van der Waals surface area contributed by atoms with Gasteiger partial charge in [-0.15, -0.1) is 11.6 Å². The molecule has 1 rings (SSSR count). The highest BCUT2D eigenvalue weighted by Gasteiger charge is 2.23. The van der Waals surface area contributed by atoms with Crippen LogP contribution in [-0.4, -0.2) is 31.8 Å². The average molecular weight is 221 g/mol. The van der Waals surface area contributed by atoms with E-state index in [9.17, 15) is 0 Å². The van der Waals surface area contributed by atoms with Crippen molar-refractivity contribution in [2.75, 3.05) is 26.4 Å². The smallest absolute Gasteiger partial charge is 0.0509 e. The second-order valence-corrected chi connectivity index (χ2v) is 4.96. The molecule has 0 aromatic heterocycles. The molecule has 0 radical (unpaired) electrons. The Kier molecular flexibility index (Phi) is 5.83. The third kappa shape index (κ3) is 4.63. The van der Waals surface area contributed by atoms with E-state index < -0.39 is 0 Å². The van der Waals surface area contributed by atoms with Crippen LogP contribution in [0.4, 0.5) is 0 Å². The molecule has 0 aromatic rings. The molecule has 0 bridgehead atoms. The minimum Gasteiger partial charge on any atom is -0.381 e. The summed E-state index contributed by atoms with van der Waals surface area (Å²) in [5, 5.41) is 0.284. The summed E-state index contributed by atoms with van der Waals surface area (Å²) in [5.41, 5.74) is 0. The van der Waals surface area contributed by atoms with E-state index in [0.29, 0.717) is 11.8 Å². The van der Waals surface area contributed by atoms with Gasteiger partial charge in [0.15, 0.2) is 0 Å². The van der Waals surface area contributed by atoms with Gasteiger partial charge in [0.25, 0.3) is 0 Å². The first-order valence-corrected chi connectivity index (χ1v) is 5.93. The van der Waals surface area contributed by atoms with Crippen molar-refractivity contribution in [2.24, 2.45) is 11.8 Å². The summed E-state index contributed by atoms with van der Waals surface area (Å²) in [6, 6.07) is 0. The topological polar surface area (TPSA) is 18.5 Å². The molecule has 1 fully saturated rings. The van der Waals surface area contributed by atoms with Crippen molar-refractivity contribution in [3.8, 4) is 0 Å². The fourth-order valence-electron chi connectivity index (χ4n) is 1.59. The Labute approximate surface area is 91.9 Å². The van der Waals surface area contributed by atoms with Crippen molar-refractivity contribution < 1.29 is 9.47 Å². The Balaban J connectivity index is 2.04. The molecule has 0 saturated carbocycles. The molecule has 2 atom stereocenters. The fraction of sp³-hybridized carbons (Fsp3) is 1.00. The Hall–Kier alpha value is 0.210. The maximum atomic E-state index is 6.19. The summed E-state index contributed by atoms with van der Waals surface area (Å²) in [6.07, 6.45) is 2.01. The molecule has 1 heterocycles. The Morgan fingerprint density at radius 2 is 2.29 bits per heavy atom. The van der Waals surface area contributed by atoms with Crippen LogP contribution in [0.15, 0.2) is 0 Å². The van der Waals surface area contributed by atoms with Crippen molar-refractivity contribution in [1.29, 1.82) is 0 Å². The van der Waals surface area contributed by atoms with Crippen molar-refractivity contribution in [1.82, 2.24) is 0 Å². The first-order valence-electron chi connectivity index (χ1n) is 5.49. The quantitative estimate of drug-likeness (QED) is 0.524. The van der Waals surface area contributed by atoms with Gasteiger partial charge in [-0.25, -0.2) is 0 Å². The zero-order valence-electron chi connectivity index (χ0n) is 9.17. The van der Waals surface area contributed by atoms with Crippen molar-refractivity contribution >= 4 is 11.6 Å². The molecule has 1 saturated heterocycles. The van der Waals surface area contributed by atoms with Crippen LogP contribution in [0.1, 0.15) is 26.7 Å². The number of ether oxygens (including phenoxy) is 2. The van der Waals surface area contributed by atoms with Crippen molar-refractivity contribution in [3.05, 3.63) is 0 Å². The number of hydrogen-bond donors (Lipinski definition) is 0. The maximum Gasteiger partial charge on any atom is 0.0509 e. The van der Waals surface area contributed by atoms with E-state index >= 15 is 0 Å². The number of alkyl halides is 1. The maximum absolute atomic E-state index is 6.19. The lowest BCUT2D eigenvalue weighted by Crippen LogP contribution is -2.29. The van der Waals surface area contributed by atoms with Crippen LogP contribution < -0.4 is 0 Å². The lowest BCUT2D eigenvalue weighted by molar-refractivity contribution is 0.0329. The van der Waals surface area contributed by atoms with Gasteiger partial charge in [0.05, 0.1) is 6.61 Å². The van der Waals surface area contributed by atoms with Crippen LogP contribution >= 0.6 is 11.6 Å². The largest absolute Gasteiger partial charge is 0.381 e. The lowest BCUT2D eigenvalue weighted by Gasteiger charge is -2.27. The van der Waals surface area contributed by atoms with Gasteiger partial charge >= 0.3 is 0 Å². The van der Waals surface area contributed by atoms with E-state index in [-0.39, 0.29) is 5.38 Å². The molecular weight excluding hydrogens is 200 g/mol. The van der Waals surface area contributed by atoms with Gasteiger partial charge in [0.1, 0.15) is 0 Å². The highest BCUT2D eigenvalue weighted by molar-refractivity contribution is 6.20. The molecule has 0 N–H and O–H groups in total. The Morgan fingerprint density at radius 3 is 2.93 bits per heavy atom. The highest BCUT2D eigenvalue weighted by atomic mass is 35.5. The predicted molar refractivity (Wildman–Crippen MR) is 58.8 cm³/mol. The molecule has 84 valence electrons. The summed E-state index contributed by atoms with van der Waals surface area (Å²) in [7, 11) is 0. The first-order chi connectivity index (χ1) is 6.70. The summed E-state index contributed by atoms with van der Waals surface area (Å²) >= 11 is 6.19. The van der Waals surface area contributed by atoms with Crippen LogP contribution in [0.5, 0.6) is 0 Å². The van der Waals surface area contributed by atoms with Crippen LogP contribution in [0.25, 0.3) is 0 Å². The van der Waals surface area contributed by atoms with Crippen LogP contribution in [-0.2, 0) is 9.47 Å². The molecule has 3 heteroatoms. The minimum absolute atomic E-state index is 0.284. The normalized spacial score (nSPS) is 28.3. The van der Waals surface area contributed by atoms with Gasteiger partial charge in [-0.3, -0.25) is 0 Å². The average Bonchev–Trinajstić information content (AvgIpc) is 2.15. The standard InChI is InChI=1S/C11H21ClO2/c1-9(2)7-13-5-3-10-8-14-6-4-11(10)12/h9-11H,3-8H2,1-2H3. The van der Waals surface area contributed by atoms with Gasteiger partial charge < -0.3 is 9.47 Å². The molecule has 1 aliphatic heterocycles. The summed E-state index contributed by atoms with van der Waals surface area (Å²) in [6.45, 7) is 7.61. The molecule has 0 aromatic carbocycles. The van der Waals surface area contributed by atoms with E-state index in [1.54, 1.807) is 0 Å². The summed E-state index contributed by atoms with van der Waals surface area (Å²) in [5.74, 6) is 1.10. The molecular formula is C11H21ClO2. The third-order valence-electron chi connectivity index (χ3n) is 2.47. The highest BCUT2D eigenvalue weighted by Crippen LogP contribution is 2.23. The number of hydrogen-bond acceptors (Lipinski definition) is 2. The Bertz CT molecular complexity index is 150. The molecule has 2 unspecified atom stereocenters. The van der Waals surface area contributed by atoms with Crippen molar-refractivity contribution in [2.45, 2.75) is 32.1 Å². The minimum atomic E-state index is 0.284. The van der Waals surface area contributed by atoms with E-state index in [1.165, 1.54) is 0 Å². The number of rotatable bonds is 5. The second kappa shape index (κ2) is 6.65. The van der Waals surface area contributed by atoms with Gasteiger partial charge in [-0.1, -0.05) is 13.8 Å². The van der Waals surface area contributed by atoms with Gasteiger partial charge in [0, 0.05) is 31.1 Å². The summed E-state index contributed by atoms with van der Waals surface area (Å²) in [4.78, 5) is 0. The third-order valence-corrected chi connectivity index (χ3v) is 3.04. The molecule has 14 heavy (non-hydrogen) atoms. The van der Waals surface area contributed by atoms with E-state index in [4.69, 9.17) is 21.1 Å². The first kappa shape index (κ1) is 12.3. The van der Waals surface area contributed by atoms with Crippen LogP contribution in [0, 0.1) is 11.8 Å². The van der Waals surface area contributed by atoms with E-state index in [0.717, 1.165) is 39.3 Å². The summed E-state index contributed by atoms with van der Waals surface area (Å²) < 4.78 is 10.9.